The van der Waals surface area contributed by atoms with Gasteiger partial charge in [-0.25, -0.2) is 0 Å². The zero-order chi connectivity index (χ0) is 15.1. The molecule has 2 unspecified atom stereocenters. The first-order valence-electron chi connectivity index (χ1n) is 6.40. The van der Waals surface area contributed by atoms with Gasteiger partial charge in [0.25, 0.3) is 0 Å². The van der Waals surface area contributed by atoms with E-state index < -0.39 is 5.51 Å². The first-order chi connectivity index (χ1) is 8.71. The van der Waals surface area contributed by atoms with Crippen molar-refractivity contribution in [3.8, 4) is 0 Å². The molecule has 0 amide bonds. The number of allylic oxidation sites excluding steroid dienone is 2. The molecule has 0 fully saturated rings. The summed E-state index contributed by atoms with van der Waals surface area (Å²) in [4.78, 5) is 3.95. The third-order valence-electron chi connectivity index (χ3n) is 2.99. The third-order valence-corrected chi connectivity index (χ3v) is 3.94. The van der Waals surface area contributed by atoms with Gasteiger partial charge in [0.2, 0.25) is 0 Å². The van der Waals surface area contributed by atoms with Gasteiger partial charge in [-0.1, -0.05) is 39.8 Å². The summed E-state index contributed by atoms with van der Waals surface area (Å²) in [6, 6.07) is 0. The highest BCUT2D eigenvalue weighted by Gasteiger charge is 2.32. The highest BCUT2D eigenvalue weighted by molar-refractivity contribution is 8.14. The van der Waals surface area contributed by atoms with Gasteiger partial charge in [0.1, 0.15) is 0 Å². The van der Waals surface area contributed by atoms with E-state index in [4.69, 9.17) is 0 Å². The lowest BCUT2D eigenvalue weighted by molar-refractivity contribution is -0.0316. The van der Waals surface area contributed by atoms with Gasteiger partial charge >= 0.3 is 5.51 Å². The smallest absolute Gasteiger partial charge is 0.254 e. The molecule has 0 aliphatic carbocycles. The second-order valence-corrected chi connectivity index (χ2v) is 5.61. The van der Waals surface area contributed by atoms with Crippen molar-refractivity contribution in [1.82, 2.24) is 0 Å². The van der Waals surface area contributed by atoms with Crippen LogP contribution in [0.5, 0.6) is 0 Å². The Labute approximate surface area is 118 Å². The molecule has 0 aromatic heterocycles. The average Bonchev–Trinajstić information content (AvgIpc) is 2.33. The van der Waals surface area contributed by atoms with E-state index in [0.29, 0.717) is 12.3 Å². The van der Waals surface area contributed by atoms with Crippen molar-refractivity contribution in [2.75, 3.05) is 0 Å². The van der Waals surface area contributed by atoms with Crippen molar-refractivity contribution >= 4 is 16.8 Å². The van der Waals surface area contributed by atoms with E-state index in [1.165, 1.54) is 6.20 Å². The molecule has 0 aliphatic heterocycles. The van der Waals surface area contributed by atoms with Crippen LogP contribution in [0.25, 0.3) is 0 Å². The molecule has 0 aromatic rings. The second-order valence-electron chi connectivity index (χ2n) is 4.52. The van der Waals surface area contributed by atoms with Crippen molar-refractivity contribution in [2.24, 2.45) is 16.8 Å². The normalized spacial score (nSPS) is 16.7. The van der Waals surface area contributed by atoms with Crippen molar-refractivity contribution in [3.63, 3.8) is 0 Å². The van der Waals surface area contributed by atoms with E-state index >= 15 is 0 Å². The molecule has 0 spiro atoms. The van der Waals surface area contributed by atoms with Crippen molar-refractivity contribution in [1.29, 1.82) is 0 Å². The summed E-state index contributed by atoms with van der Waals surface area (Å²) >= 11 is -0.131. The van der Waals surface area contributed by atoms with Gasteiger partial charge in [-0.2, -0.15) is 13.2 Å². The molecule has 0 saturated heterocycles. The molecule has 0 saturated carbocycles. The summed E-state index contributed by atoms with van der Waals surface area (Å²) in [6.07, 6.45) is 4.69. The fourth-order valence-corrected chi connectivity index (χ4v) is 1.90. The first kappa shape index (κ1) is 18.3. The van der Waals surface area contributed by atoms with Gasteiger partial charge in [0, 0.05) is 23.9 Å². The summed E-state index contributed by atoms with van der Waals surface area (Å²) in [5, 5.41) is 0.100. The zero-order valence-corrected chi connectivity index (χ0v) is 12.7. The Balaban J connectivity index is 4.83. The number of halogens is 3. The molecule has 0 radical (unpaired) electrons. The summed E-state index contributed by atoms with van der Waals surface area (Å²) in [5.74, 6) is 0.113. The SMILES string of the molecule is C=C(/C=C\N=C(SC(F)(F)F)C(C)CC)C(C)CC. The minimum Gasteiger partial charge on any atom is -0.254 e. The van der Waals surface area contributed by atoms with Crippen LogP contribution >= 0.6 is 11.8 Å². The molecule has 0 bridgehead atoms. The minimum absolute atomic E-state index is 0.100. The largest absolute Gasteiger partial charge is 0.447 e. The van der Waals surface area contributed by atoms with Crippen LogP contribution < -0.4 is 0 Å². The lowest BCUT2D eigenvalue weighted by Crippen LogP contribution is -2.13. The van der Waals surface area contributed by atoms with Crippen molar-refractivity contribution in [3.05, 3.63) is 24.4 Å². The van der Waals surface area contributed by atoms with E-state index in [1.54, 1.807) is 13.0 Å². The van der Waals surface area contributed by atoms with Gasteiger partial charge in [0.15, 0.2) is 0 Å². The predicted octanol–water partition coefficient (Wildman–Crippen LogP) is 5.80. The lowest BCUT2D eigenvalue weighted by Gasteiger charge is -2.13. The molecule has 0 rings (SSSR count). The second kappa shape index (κ2) is 8.46. The molecular formula is C14H22F3NS. The fourth-order valence-electron chi connectivity index (χ4n) is 1.18. The number of hydrogen-bond acceptors (Lipinski definition) is 2. The molecule has 0 N–H and O–H groups in total. The third kappa shape index (κ3) is 8.14. The number of rotatable bonds is 6. The van der Waals surface area contributed by atoms with Crippen molar-refractivity contribution < 1.29 is 13.2 Å². The van der Waals surface area contributed by atoms with Crippen LogP contribution in [0.3, 0.4) is 0 Å². The Bertz CT molecular complexity index is 345. The van der Waals surface area contributed by atoms with Gasteiger partial charge in [0.05, 0.1) is 5.04 Å². The summed E-state index contributed by atoms with van der Waals surface area (Å²) < 4.78 is 37.2. The standard InChI is InChI=1S/C14H22F3NS/c1-6-10(3)12(5)8-9-18-13(11(4)7-2)19-14(15,16)17/h8-11H,5-7H2,1-4H3/b9-8-,18-13?. The number of nitrogens with zero attached hydrogens (tertiary/aromatic N) is 1. The minimum atomic E-state index is -4.29. The van der Waals surface area contributed by atoms with Crippen LogP contribution in [-0.2, 0) is 0 Å². The molecule has 0 aromatic carbocycles. The van der Waals surface area contributed by atoms with Gasteiger partial charge < -0.3 is 0 Å². The average molecular weight is 293 g/mol. The van der Waals surface area contributed by atoms with Crippen LogP contribution in [-0.4, -0.2) is 10.6 Å². The molecule has 0 heterocycles. The number of alkyl halides is 3. The summed E-state index contributed by atoms with van der Waals surface area (Å²) in [7, 11) is 0. The maximum absolute atomic E-state index is 12.4. The Kier molecular flexibility index (Phi) is 8.14. The molecule has 19 heavy (non-hydrogen) atoms. The topological polar surface area (TPSA) is 12.4 Å². The number of thioether (sulfide) groups is 1. The highest BCUT2D eigenvalue weighted by Crippen LogP contribution is 2.34. The Morgan fingerprint density at radius 3 is 2.16 bits per heavy atom. The molecule has 110 valence electrons. The van der Waals surface area contributed by atoms with E-state index in [2.05, 4.69) is 11.6 Å². The van der Waals surface area contributed by atoms with Gasteiger partial charge in [-0.3, -0.25) is 4.99 Å². The molecule has 1 nitrogen and oxygen atoms in total. The van der Waals surface area contributed by atoms with Crippen LogP contribution in [0.1, 0.15) is 40.5 Å². The Morgan fingerprint density at radius 2 is 1.74 bits per heavy atom. The first-order valence-corrected chi connectivity index (χ1v) is 7.21. The zero-order valence-electron chi connectivity index (χ0n) is 11.9. The summed E-state index contributed by atoms with van der Waals surface area (Å²) in [5.41, 5.74) is -3.41. The van der Waals surface area contributed by atoms with Crippen LogP contribution in [0.2, 0.25) is 0 Å². The molecule has 0 aliphatic rings. The Hall–Kier alpha value is -0.710. The van der Waals surface area contributed by atoms with Gasteiger partial charge in [-0.05, 0) is 24.8 Å². The van der Waals surface area contributed by atoms with Crippen molar-refractivity contribution in [2.45, 2.75) is 46.0 Å². The van der Waals surface area contributed by atoms with E-state index in [-0.39, 0.29) is 22.7 Å². The van der Waals surface area contributed by atoms with Crippen LogP contribution in [0, 0.1) is 11.8 Å². The van der Waals surface area contributed by atoms with Crippen LogP contribution in [0.4, 0.5) is 13.2 Å². The maximum Gasteiger partial charge on any atom is 0.447 e. The monoisotopic (exact) mass is 293 g/mol. The van der Waals surface area contributed by atoms with Gasteiger partial charge in [-0.15, -0.1) is 0 Å². The predicted molar refractivity (Wildman–Crippen MR) is 78.3 cm³/mol. The highest BCUT2D eigenvalue weighted by atomic mass is 32.2. The molecular weight excluding hydrogens is 271 g/mol. The number of hydrogen-bond donors (Lipinski definition) is 0. The van der Waals surface area contributed by atoms with E-state index in [9.17, 15) is 13.2 Å². The van der Waals surface area contributed by atoms with E-state index in [1.807, 2.05) is 20.8 Å². The maximum atomic E-state index is 12.4. The van der Waals surface area contributed by atoms with E-state index in [0.717, 1.165) is 12.0 Å². The quantitative estimate of drug-likeness (QED) is 0.342. The Morgan fingerprint density at radius 1 is 1.21 bits per heavy atom. The summed E-state index contributed by atoms with van der Waals surface area (Å²) in [6.45, 7) is 11.5. The molecule has 2 atom stereocenters. The van der Waals surface area contributed by atoms with Crippen LogP contribution in [0.15, 0.2) is 29.4 Å². The number of aliphatic imine (C=N–C) groups is 1. The fraction of sp³-hybridized carbons (Fsp3) is 0.643. The lowest BCUT2D eigenvalue weighted by atomic mass is 10.0. The molecule has 5 heteroatoms.